The van der Waals surface area contributed by atoms with Gasteiger partial charge in [0, 0.05) is 19.3 Å². The van der Waals surface area contributed by atoms with E-state index in [1.807, 2.05) is 0 Å². The van der Waals surface area contributed by atoms with Crippen LogP contribution in [0.5, 0.6) is 0 Å². The number of carbonyl (C=O) groups excluding carboxylic acids is 3. The molecule has 0 amide bonds. The summed E-state index contributed by atoms with van der Waals surface area (Å²) in [6, 6.07) is 0. The van der Waals surface area contributed by atoms with Crippen LogP contribution in [0.2, 0.25) is 0 Å². The summed E-state index contributed by atoms with van der Waals surface area (Å²) in [6.45, 7) is 8.97. The van der Waals surface area contributed by atoms with Crippen molar-refractivity contribution in [3.63, 3.8) is 0 Å². The molecule has 61 heavy (non-hydrogen) atoms. The fraction of sp³-hybridized carbons (Fsp3) is 0.945. The molecule has 0 unspecified atom stereocenters. The van der Waals surface area contributed by atoms with Crippen LogP contribution in [0.3, 0.4) is 0 Å². The SMILES string of the molecule is CCCCCCCCCCCCCCCCCCCCC(=O)OC[C@@H](COC(=O)CCCCCCCCC(C)C)OC(=O)CCCCCCCCCCCCCCCCCC. The summed E-state index contributed by atoms with van der Waals surface area (Å²) >= 11 is 0. The highest BCUT2D eigenvalue weighted by atomic mass is 16.6. The third-order valence-corrected chi connectivity index (χ3v) is 12.5. The Kier molecular flexibility index (Phi) is 48.1. The quantitative estimate of drug-likeness (QED) is 0.0344. The van der Waals surface area contributed by atoms with Gasteiger partial charge in [-0.25, -0.2) is 0 Å². The first kappa shape index (κ1) is 59.4. The average Bonchev–Trinajstić information content (AvgIpc) is 3.24. The molecular formula is C55H106O6. The van der Waals surface area contributed by atoms with Crippen molar-refractivity contribution in [2.24, 2.45) is 5.92 Å². The lowest BCUT2D eigenvalue weighted by molar-refractivity contribution is -0.167. The zero-order valence-electron chi connectivity index (χ0n) is 41.6. The van der Waals surface area contributed by atoms with Gasteiger partial charge < -0.3 is 14.2 Å². The predicted octanol–water partition coefficient (Wildman–Crippen LogP) is 17.8. The van der Waals surface area contributed by atoms with Crippen LogP contribution in [-0.4, -0.2) is 37.2 Å². The minimum atomic E-state index is -0.761. The summed E-state index contributed by atoms with van der Waals surface area (Å²) in [6.07, 6.45) is 52.5. The van der Waals surface area contributed by atoms with Gasteiger partial charge in [-0.05, 0) is 25.2 Å². The van der Waals surface area contributed by atoms with E-state index in [0.717, 1.165) is 63.7 Å². The summed E-state index contributed by atoms with van der Waals surface area (Å²) in [5.74, 6) is -0.0825. The van der Waals surface area contributed by atoms with E-state index in [1.165, 1.54) is 205 Å². The molecule has 0 N–H and O–H groups in total. The molecule has 0 bridgehead atoms. The van der Waals surface area contributed by atoms with Crippen LogP contribution in [-0.2, 0) is 28.6 Å². The molecule has 0 saturated carbocycles. The van der Waals surface area contributed by atoms with Crippen LogP contribution in [0.1, 0.15) is 310 Å². The summed E-state index contributed by atoms with van der Waals surface area (Å²) in [4.78, 5) is 37.9. The van der Waals surface area contributed by atoms with E-state index in [0.29, 0.717) is 19.3 Å². The maximum atomic E-state index is 12.8. The number of carbonyl (C=O) groups is 3. The van der Waals surface area contributed by atoms with Gasteiger partial charge in [0.05, 0.1) is 0 Å². The topological polar surface area (TPSA) is 78.9 Å². The molecule has 6 heteroatoms. The molecule has 0 fully saturated rings. The molecule has 362 valence electrons. The van der Waals surface area contributed by atoms with E-state index < -0.39 is 6.10 Å². The minimum Gasteiger partial charge on any atom is -0.462 e. The number of rotatable bonds is 50. The Morgan fingerprint density at radius 1 is 0.311 bits per heavy atom. The van der Waals surface area contributed by atoms with Gasteiger partial charge in [-0.15, -0.1) is 0 Å². The summed E-state index contributed by atoms with van der Waals surface area (Å²) in [7, 11) is 0. The fourth-order valence-electron chi connectivity index (χ4n) is 8.39. The Labute approximate surface area is 380 Å². The Hall–Kier alpha value is -1.59. The zero-order chi connectivity index (χ0) is 44.5. The fourth-order valence-corrected chi connectivity index (χ4v) is 8.39. The molecule has 0 radical (unpaired) electrons. The van der Waals surface area contributed by atoms with Gasteiger partial charge in [0.1, 0.15) is 13.2 Å². The van der Waals surface area contributed by atoms with Gasteiger partial charge >= 0.3 is 17.9 Å². The van der Waals surface area contributed by atoms with E-state index >= 15 is 0 Å². The van der Waals surface area contributed by atoms with Crippen LogP contribution in [0.25, 0.3) is 0 Å². The molecule has 0 aromatic carbocycles. The molecule has 0 aliphatic carbocycles. The molecule has 6 nitrogen and oxygen atoms in total. The van der Waals surface area contributed by atoms with Crippen LogP contribution in [0.4, 0.5) is 0 Å². The Morgan fingerprint density at radius 3 is 0.803 bits per heavy atom. The van der Waals surface area contributed by atoms with Gasteiger partial charge in [-0.1, -0.05) is 272 Å². The van der Waals surface area contributed by atoms with Crippen molar-refractivity contribution in [2.75, 3.05) is 13.2 Å². The Morgan fingerprint density at radius 2 is 0.541 bits per heavy atom. The van der Waals surface area contributed by atoms with Gasteiger partial charge in [0.25, 0.3) is 0 Å². The molecular weight excluding hydrogens is 757 g/mol. The Bertz CT molecular complexity index is 918. The highest BCUT2D eigenvalue weighted by Crippen LogP contribution is 2.17. The van der Waals surface area contributed by atoms with Crippen molar-refractivity contribution in [1.29, 1.82) is 0 Å². The van der Waals surface area contributed by atoms with Gasteiger partial charge in [0.15, 0.2) is 6.10 Å². The maximum absolute atomic E-state index is 12.8. The van der Waals surface area contributed by atoms with E-state index in [2.05, 4.69) is 27.7 Å². The number of hydrogen-bond donors (Lipinski definition) is 0. The lowest BCUT2D eigenvalue weighted by Crippen LogP contribution is -2.30. The molecule has 0 spiro atoms. The number of unbranched alkanes of at least 4 members (excludes halogenated alkanes) is 37. The van der Waals surface area contributed by atoms with Crippen molar-refractivity contribution in [2.45, 2.75) is 316 Å². The van der Waals surface area contributed by atoms with E-state index in [1.54, 1.807) is 0 Å². The van der Waals surface area contributed by atoms with Crippen molar-refractivity contribution in [3.8, 4) is 0 Å². The van der Waals surface area contributed by atoms with E-state index in [4.69, 9.17) is 14.2 Å². The summed E-state index contributed by atoms with van der Waals surface area (Å²) in [5.41, 5.74) is 0. The second kappa shape index (κ2) is 49.4. The smallest absolute Gasteiger partial charge is 0.306 e. The predicted molar refractivity (Wildman–Crippen MR) is 261 cm³/mol. The van der Waals surface area contributed by atoms with Crippen molar-refractivity contribution < 1.29 is 28.6 Å². The van der Waals surface area contributed by atoms with E-state index in [-0.39, 0.29) is 31.1 Å². The molecule has 0 aromatic heterocycles. The standard InChI is InChI=1S/C55H106O6/c1-5-7-9-11-13-15-17-19-21-23-24-26-27-29-31-33-38-42-46-53(56)59-49-52(50-60-54(57)47-43-39-36-35-37-41-45-51(3)4)61-55(58)48-44-40-34-32-30-28-25-22-20-18-16-14-12-10-8-6-2/h51-52H,5-50H2,1-4H3/t52-/m0/s1. The van der Waals surface area contributed by atoms with Crippen LogP contribution in [0, 0.1) is 5.92 Å². The Balaban J connectivity index is 4.23. The maximum Gasteiger partial charge on any atom is 0.306 e. The molecule has 0 aromatic rings. The van der Waals surface area contributed by atoms with Crippen molar-refractivity contribution in [3.05, 3.63) is 0 Å². The molecule has 0 rings (SSSR count). The number of esters is 3. The first-order chi connectivity index (χ1) is 29.9. The average molecular weight is 863 g/mol. The van der Waals surface area contributed by atoms with Crippen LogP contribution >= 0.6 is 0 Å². The van der Waals surface area contributed by atoms with Gasteiger partial charge in [-0.3, -0.25) is 14.4 Å². The van der Waals surface area contributed by atoms with E-state index in [9.17, 15) is 14.4 Å². The van der Waals surface area contributed by atoms with Gasteiger partial charge in [-0.2, -0.15) is 0 Å². The first-order valence-electron chi connectivity index (χ1n) is 27.4. The molecule has 0 heterocycles. The minimum absolute atomic E-state index is 0.0633. The van der Waals surface area contributed by atoms with Crippen LogP contribution in [0.15, 0.2) is 0 Å². The zero-order valence-corrected chi connectivity index (χ0v) is 41.6. The molecule has 0 aliphatic heterocycles. The van der Waals surface area contributed by atoms with Gasteiger partial charge in [0.2, 0.25) is 0 Å². The second-order valence-corrected chi connectivity index (χ2v) is 19.3. The van der Waals surface area contributed by atoms with Crippen molar-refractivity contribution >= 4 is 17.9 Å². The largest absolute Gasteiger partial charge is 0.462 e. The number of ether oxygens (including phenoxy) is 3. The normalized spacial score (nSPS) is 12.0. The summed E-state index contributed by atoms with van der Waals surface area (Å²) in [5, 5.41) is 0. The van der Waals surface area contributed by atoms with Crippen molar-refractivity contribution in [1.82, 2.24) is 0 Å². The first-order valence-corrected chi connectivity index (χ1v) is 27.4. The monoisotopic (exact) mass is 863 g/mol. The summed E-state index contributed by atoms with van der Waals surface area (Å²) < 4.78 is 16.8. The third kappa shape index (κ3) is 49.3. The number of hydrogen-bond acceptors (Lipinski definition) is 6. The molecule has 0 saturated heterocycles. The van der Waals surface area contributed by atoms with Crippen LogP contribution < -0.4 is 0 Å². The lowest BCUT2D eigenvalue weighted by Gasteiger charge is -2.18. The third-order valence-electron chi connectivity index (χ3n) is 12.5. The molecule has 1 atom stereocenters. The lowest BCUT2D eigenvalue weighted by atomic mass is 10.0. The highest BCUT2D eigenvalue weighted by Gasteiger charge is 2.19. The second-order valence-electron chi connectivity index (χ2n) is 19.3. The molecule has 0 aliphatic rings. The highest BCUT2D eigenvalue weighted by molar-refractivity contribution is 5.71.